The van der Waals surface area contributed by atoms with Crippen LogP contribution in [0.1, 0.15) is 13.3 Å². The van der Waals surface area contributed by atoms with Gasteiger partial charge in [0.05, 0.1) is 23.8 Å². The highest BCUT2D eigenvalue weighted by molar-refractivity contribution is 6.36. The van der Waals surface area contributed by atoms with Crippen molar-refractivity contribution in [1.82, 2.24) is 4.90 Å². The number of hydrogen-bond acceptors (Lipinski definition) is 3. The molecule has 0 aromatic heterocycles. The topological polar surface area (TPSA) is 61.4 Å². The van der Waals surface area contributed by atoms with Crippen molar-refractivity contribution in [2.45, 2.75) is 13.3 Å². The molecule has 0 saturated heterocycles. The second kappa shape index (κ2) is 10.3. The van der Waals surface area contributed by atoms with Crippen molar-refractivity contribution in [3.8, 4) is 0 Å². The van der Waals surface area contributed by atoms with Crippen LogP contribution in [-0.2, 0) is 9.59 Å². The Morgan fingerprint density at radius 2 is 1.74 bits per heavy atom. The van der Waals surface area contributed by atoms with Crippen LogP contribution in [0.25, 0.3) is 0 Å². The summed E-state index contributed by atoms with van der Waals surface area (Å²) in [6, 6.07) is 10.4. The lowest BCUT2D eigenvalue weighted by atomic mass is 10.3. The van der Waals surface area contributed by atoms with Crippen molar-refractivity contribution >= 4 is 46.4 Å². The van der Waals surface area contributed by atoms with E-state index in [4.69, 9.17) is 23.2 Å². The number of carbonyl (C=O) groups excluding carboxylic acids is 2. The Balaban J connectivity index is 1.93. The van der Waals surface area contributed by atoms with Gasteiger partial charge in [-0.1, -0.05) is 36.2 Å². The molecule has 0 aliphatic heterocycles. The molecular formula is C19H20Cl2FN3O2. The van der Waals surface area contributed by atoms with E-state index < -0.39 is 5.82 Å². The molecule has 2 aromatic carbocycles. The molecule has 0 aliphatic rings. The number of nitrogens with one attached hydrogen (secondary N) is 2. The van der Waals surface area contributed by atoms with Crippen LogP contribution in [0.15, 0.2) is 42.5 Å². The number of rotatable bonds is 8. The van der Waals surface area contributed by atoms with Crippen LogP contribution in [0, 0.1) is 5.82 Å². The Labute approximate surface area is 167 Å². The predicted octanol–water partition coefficient (Wildman–Crippen LogP) is 4.42. The summed E-state index contributed by atoms with van der Waals surface area (Å²) in [7, 11) is 0. The third-order valence-corrected chi connectivity index (χ3v) is 4.14. The van der Waals surface area contributed by atoms with Crippen molar-refractivity contribution in [2.75, 3.05) is 30.3 Å². The highest BCUT2D eigenvalue weighted by Crippen LogP contribution is 2.25. The van der Waals surface area contributed by atoms with Crippen LogP contribution in [0.3, 0.4) is 0 Å². The zero-order valence-electron chi connectivity index (χ0n) is 14.8. The third-order valence-electron chi connectivity index (χ3n) is 3.59. The summed E-state index contributed by atoms with van der Waals surface area (Å²) in [5.41, 5.74) is 0.820. The van der Waals surface area contributed by atoms with E-state index in [1.807, 2.05) is 6.92 Å². The van der Waals surface area contributed by atoms with Gasteiger partial charge in [0.1, 0.15) is 5.82 Å². The van der Waals surface area contributed by atoms with Gasteiger partial charge in [0.2, 0.25) is 11.8 Å². The van der Waals surface area contributed by atoms with E-state index in [0.29, 0.717) is 28.0 Å². The second-order valence-corrected chi connectivity index (χ2v) is 6.79. The van der Waals surface area contributed by atoms with E-state index >= 15 is 0 Å². The zero-order valence-corrected chi connectivity index (χ0v) is 16.3. The molecule has 0 saturated carbocycles. The maximum Gasteiger partial charge on any atom is 0.238 e. The number of anilines is 2. The molecule has 0 aliphatic carbocycles. The first-order chi connectivity index (χ1) is 12.9. The van der Waals surface area contributed by atoms with E-state index in [9.17, 15) is 14.0 Å². The van der Waals surface area contributed by atoms with E-state index in [2.05, 4.69) is 10.6 Å². The summed E-state index contributed by atoms with van der Waals surface area (Å²) >= 11 is 11.9. The van der Waals surface area contributed by atoms with Crippen LogP contribution in [-0.4, -0.2) is 36.3 Å². The number of hydrogen-bond donors (Lipinski definition) is 2. The lowest BCUT2D eigenvalue weighted by Gasteiger charge is -2.20. The van der Waals surface area contributed by atoms with E-state index in [0.717, 1.165) is 6.42 Å². The number of carbonyl (C=O) groups is 2. The van der Waals surface area contributed by atoms with E-state index in [1.165, 1.54) is 24.3 Å². The summed E-state index contributed by atoms with van der Waals surface area (Å²) in [6.45, 7) is 2.53. The van der Waals surface area contributed by atoms with Crippen molar-refractivity contribution in [2.24, 2.45) is 0 Å². The molecule has 0 radical (unpaired) electrons. The zero-order chi connectivity index (χ0) is 19.8. The molecule has 0 spiro atoms. The number of halogens is 3. The van der Waals surface area contributed by atoms with Gasteiger partial charge >= 0.3 is 0 Å². The molecule has 2 rings (SSSR count). The largest absolute Gasteiger partial charge is 0.325 e. The van der Waals surface area contributed by atoms with E-state index in [1.54, 1.807) is 23.1 Å². The van der Waals surface area contributed by atoms with Gasteiger partial charge in [-0.15, -0.1) is 0 Å². The summed E-state index contributed by atoms with van der Waals surface area (Å²) in [5.74, 6) is -1.06. The summed E-state index contributed by atoms with van der Waals surface area (Å²) in [4.78, 5) is 26.2. The molecule has 2 N–H and O–H groups in total. The van der Waals surface area contributed by atoms with Crippen LogP contribution in [0.2, 0.25) is 10.0 Å². The van der Waals surface area contributed by atoms with Crippen LogP contribution in [0.5, 0.6) is 0 Å². The summed E-state index contributed by atoms with van der Waals surface area (Å²) < 4.78 is 13.2. The molecule has 0 atom stereocenters. The predicted molar refractivity (Wildman–Crippen MR) is 107 cm³/mol. The maximum absolute atomic E-state index is 13.2. The highest BCUT2D eigenvalue weighted by atomic mass is 35.5. The minimum Gasteiger partial charge on any atom is -0.325 e. The minimum atomic E-state index is -0.433. The summed E-state index contributed by atoms with van der Waals surface area (Å²) in [5, 5.41) is 6.13. The van der Waals surface area contributed by atoms with Gasteiger partial charge < -0.3 is 10.6 Å². The van der Waals surface area contributed by atoms with Crippen molar-refractivity contribution in [3.05, 3.63) is 58.3 Å². The molecule has 8 heteroatoms. The van der Waals surface area contributed by atoms with Crippen molar-refractivity contribution in [3.63, 3.8) is 0 Å². The summed E-state index contributed by atoms with van der Waals surface area (Å²) in [6.07, 6.45) is 0.766. The molecule has 5 nitrogen and oxygen atoms in total. The third kappa shape index (κ3) is 7.17. The minimum absolute atomic E-state index is 0.00607. The lowest BCUT2D eigenvalue weighted by molar-refractivity contribution is -0.120. The fourth-order valence-electron chi connectivity index (χ4n) is 2.48. The standard InChI is InChI=1S/C19H20Cl2FN3O2/c1-2-8-25(11-18(26)23-15-5-3-4-14(22)10-15)12-19(27)24-17-7-6-13(20)9-16(17)21/h3-7,9-10H,2,8,11-12H2,1H3,(H,23,26)(H,24,27). The normalized spacial score (nSPS) is 10.7. The Kier molecular flexibility index (Phi) is 8.03. The average Bonchev–Trinajstić information content (AvgIpc) is 2.57. The Bertz CT molecular complexity index is 817. The fourth-order valence-corrected chi connectivity index (χ4v) is 2.94. The molecule has 2 aromatic rings. The Morgan fingerprint density at radius 1 is 1.04 bits per heavy atom. The SMILES string of the molecule is CCCN(CC(=O)Nc1cccc(F)c1)CC(=O)Nc1ccc(Cl)cc1Cl. The van der Waals surface area contributed by atoms with E-state index in [-0.39, 0.29) is 24.9 Å². The van der Waals surface area contributed by atoms with Crippen LogP contribution >= 0.6 is 23.2 Å². The molecule has 144 valence electrons. The molecule has 0 bridgehead atoms. The average molecular weight is 412 g/mol. The van der Waals surface area contributed by atoms with Gasteiger partial charge in [0.25, 0.3) is 0 Å². The molecule has 27 heavy (non-hydrogen) atoms. The van der Waals surface area contributed by atoms with Crippen LogP contribution in [0.4, 0.5) is 15.8 Å². The van der Waals surface area contributed by atoms with Gasteiger partial charge in [0, 0.05) is 10.7 Å². The smallest absolute Gasteiger partial charge is 0.238 e. The fraction of sp³-hybridized carbons (Fsp3) is 0.263. The number of amides is 2. The maximum atomic E-state index is 13.2. The van der Waals surface area contributed by atoms with Gasteiger partial charge in [0.15, 0.2) is 0 Å². The quantitative estimate of drug-likeness (QED) is 0.675. The van der Waals surface area contributed by atoms with Gasteiger partial charge in [-0.05, 0) is 49.4 Å². The molecular weight excluding hydrogens is 392 g/mol. The van der Waals surface area contributed by atoms with Crippen molar-refractivity contribution < 1.29 is 14.0 Å². The van der Waals surface area contributed by atoms with Crippen LogP contribution < -0.4 is 10.6 Å². The molecule has 0 fully saturated rings. The first-order valence-electron chi connectivity index (χ1n) is 8.40. The number of nitrogens with zero attached hydrogens (tertiary/aromatic N) is 1. The lowest BCUT2D eigenvalue weighted by Crippen LogP contribution is -2.39. The first-order valence-corrected chi connectivity index (χ1v) is 9.15. The van der Waals surface area contributed by atoms with Gasteiger partial charge in [-0.25, -0.2) is 4.39 Å². The second-order valence-electron chi connectivity index (χ2n) is 5.94. The molecule has 0 unspecified atom stereocenters. The van der Waals surface area contributed by atoms with Crippen molar-refractivity contribution in [1.29, 1.82) is 0 Å². The Hall–Kier alpha value is -2.15. The monoisotopic (exact) mass is 411 g/mol. The molecule has 0 heterocycles. The van der Waals surface area contributed by atoms with Gasteiger partial charge in [-0.2, -0.15) is 0 Å². The first kappa shape index (κ1) is 21.2. The molecule has 2 amide bonds. The highest BCUT2D eigenvalue weighted by Gasteiger charge is 2.15. The van der Waals surface area contributed by atoms with Gasteiger partial charge in [-0.3, -0.25) is 14.5 Å². The Morgan fingerprint density at radius 3 is 2.37 bits per heavy atom. The number of benzene rings is 2.